The highest BCUT2D eigenvalue weighted by molar-refractivity contribution is 8.13. The summed E-state index contributed by atoms with van der Waals surface area (Å²) < 4.78 is 58.5. The van der Waals surface area contributed by atoms with Crippen molar-refractivity contribution in [1.82, 2.24) is 14.5 Å². The number of hydrogen-bond acceptors (Lipinski definition) is 13. The van der Waals surface area contributed by atoms with Crippen LogP contribution in [0.25, 0.3) is 0 Å². The summed E-state index contributed by atoms with van der Waals surface area (Å²) in [6.45, 7) is 13.6. The van der Waals surface area contributed by atoms with E-state index in [1.807, 2.05) is 0 Å². The lowest BCUT2D eigenvalue weighted by molar-refractivity contribution is -0.387. The quantitative estimate of drug-likeness (QED) is 0.0350. The Kier molecular flexibility index (Phi) is 22.6. The van der Waals surface area contributed by atoms with Crippen LogP contribution in [0.5, 0.6) is 0 Å². The van der Waals surface area contributed by atoms with Gasteiger partial charge >= 0.3 is 24.0 Å². The molecule has 2 atom stereocenters. The van der Waals surface area contributed by atoms with Crippen LogP contribution in [-0.2, 0) is 42.9 Å². The Labute approximate surface area is 342 Å². The highest BCUT2D eigenvalue weighted by atomic mass is 35.7. The van der Waals surface area contributed by atoms with E-state index in [0.29, 0.717) is 0 Å². The van der Waals surface area contributed by atoms with E-state index in [0.717, 1.165) is 16.4 Å². The molecular formula is C35H50Cl2N4O14S2. The average Bonchev–Trinajstić information content (AvgIpc) is 3.08. The smallest absolute Gasteiger partial charge is 0.408 e. The van der Waals surface area contributed by atoms with Crippen LogP contribution in [0.2, 0.25) is 0 Å². The number of ether oxygens (including phenoxy) is 2. The molecule has 2 rings (SSSR count). The number of nitrogens with zero attached hydrogens (tertiary/aromatic N) is 2. The number of halogens is 2. The molecule has 18 nitrogen and oxygen atoms in total. The van der Waals surface area contributed by atoms with Crippen molar-refractivity contribution in [1.29, 1.82) is 0 Å². The maximum atomic E-state index is 13.1. The number of rotatable bonds is 18. The zero-order chi connectivity index (χ0) is 44.2. The molecule has 0 unspecified atom stereocenters. The number of carbonyl (C=O) groups excluding carboxylic acids is 2. The third-order valence-corrected chi connectivity index (χ3v) is 10.2. The first-order valence-corrected chi connectivity index (χ1v) is 21.1. The van der Waals surface area contributed by atoms with Crippen molar-refractivity contribution in [3.05, 3.63) is 77.4 Å². The van der Waals surface area contributed by atoms with Gasteiger partial charge in [-0.3, -0.25) is 19.7 Å². The fourth-order valence-corrected chi connectivity index (χ4v) is 6.77. The summed E-state index contributed by atoms with van der Waals surface area (Å²) in [6, 6.07) is 11.8. The van der Waals surface area contributed by atoms with Crippen LogP contribution in [-0.4, -0.2) is 97.2 Å². The molecule has 57 heavy (non-hydrogen) atoms. The van der Waals surface area contributed by atoms with Gasteiger partial charge in [-0.05, 0) is 90.8 Å². The molecule has 0 saturated heterocycles. The fraction of sp³-hybridized carbons (Fsp3) is 0.486. The van der Waals surface area contributed by atoms with Crippen LogP contribution in [0.15, 0.2) is 77.0 Å². The van der Waals surface area contributed by atoms with Crippen LogP contribution >= 0.6 is 22.5 Å². The molecule has 0 bridgehead atoms. The van der Waals surface area contributed by atoms with Gasteiger partial charge in [0.05, 0.1) is 22.2 Å². The van der Waals surface area contributed by atoms with Gasteiger partial charge in [-0.15, -0.1) is 6.58 Å². The van der Waals surface area contributed by atoms with E-state index >= 15 is 0 Å². The minimum atomic E-state index is -4.29. The molecule has 0 aliphatic rings. The van der Waals surface area contributed by atoms with Gasteiger partial charge in [0, 0.05) is 36.4 Å². The van der Waals surface area contributed by atoms with Crippen LogP contribution in [0.3, 0.4) is 0 Å². The standard InChI is InChI=1S/C20H28N2O8S.C9H17ClN2O4.C6H5ClO2S/c1-5-6-12-21(31(28,29)17-10-8-7-9-16(17)22(26)27)13-11-15(19(24)25)14-18(23)30-20(2,3)4;1-9(2,3)16-8(15)12-6(7(13)14)4-5-11-10;7-10(8,9)6-4-2-1-3-5-6/h5,7-10,15H,1,6,11-14H2,2-4H3,(H,24,25);6,11H,4-5H2,1-3H3,(H,12,15)(H,13,14);1-5H/t15-;6-;/m10./s1. The van der Waals surface area contributed by atoms with Crippen molar-refractivity contribution in [2.45, 2.75) is 94.3 Å². The van der Waals surface area contributed by atoms with Gasteiger partial charge in [0.2, 0.25) is 10.0 Å². The molecule has 0 aliphatic heterocycles. The number of nitro benzene ring substituents is 1. The third kappa shape index (κ3) is 22.3. The summed E-state index contributed by atoms with van der Waals surface area (Å²) in [6.07, 6.45) is 0.562. The molecule has 0 radical (unpaired) electrons. The Hall–Kier alpha value is -4.34. The summed E-state index contributed by atoms with van der Waals surface area (Å²) in [4.78, 5) is 58.1. The average molecular weight is 886 g/mol. The third-order valence-electron chi connectivity index (χ3n) is 6.71. The minimum absolute atomic E-state index is 0.0450. The maximum Gasteiger partial charge on any atom is 0.408 e. The van der Waals surface area contributed by atoms with E-state index in [4.69, 9.17) is 37.0 Å². The minimum Gasteiger partial charge on any atom is -0.481 e. The number of nitro groups is 1. The van der Waals surface area contributed by atoms with Crippen LogP contribution in [0, 0.1) is 16.0 Å². The second kappa shape index (κ2) is 24.4. The predicted octanol–water partition coefficient (Wildman–Crippen LogP) is 5.70. The number of para-hydroxylation sites is 1. The highest BCUT2D eigenvalue weighted by Gasteiger charge is 2.33. The van der Waals surface area contributed by atoms with E-state index in [1.165, 1.54) is 30.3 Å². The van der Waals surface area contributed by atoms with Crippen LogP contribution < -0.4 is 10.2 Å². The van der Waals surface area contributed by atoms with Gasteiger partial charge in [-0.2, -0.15) is 4.31 Å². The van der Waals surface area contributed by atoms with Gasteiger partial charge in [0.1, 0.15) is 17.2 Å². The lowest BCUT2D eigenvalue weighted by Crippen LogP contribution is -2.44. The number of aliphatic carboxylic acids is 2. The van der Waals surface area contributed by atoms with E-state index < -0.39 is 88.2 Å². The topological polar surface area (TPSA) is 266 Å². The normalized spacial score (nSPS) is 12.6. The number of benzene rings is 2. The summed E-state index contributed by atoms with van der Waals surface area (Å²) >= 11 is 5.21. The lowest BCUT2D eigenvalue weighted by Gasteiger charge is -2.24. The summed E-state index contributed by atoms with van der Waals surface area (Å²) in [5, 5.41) is 31.8. The number of carbonyl (C=O) groups is 4. The first-order valence-electron chi connectivity index (χ1n) is 17.0. The van der Waals surface area contributed by atoms with Crippen molar-refractivity contribution in [2.75, 3.05) is 19.6 Å². The number of carboxylic acid groups (broad SMARTS) is 2. The molecule has 2 aromatic carbocycles. The fourth-order valence-electron chi connectivity index (χ4n) is 4.24. The maximum absolute atomic E-state index is 13.1. The van der Waals surface area contributed by atoms with Crippen molar-refractivity contribution >= 4 is 71.2 Å². The molecule has 2 aromatic rings. The number of esters is 1. The van der Waals surface area contributed by atoms with E-state index in [9.17, 15) is 51.2 Å². The number of amides is 1. The van der Waals surface area contributed by atoms with E-state index in [2.05, 4.69) is 16.7 Å². The monoisotopic (exact) mass is 884 g/mol. The van der Waals surface area contributed by atoms with Crippen LogP contribution in [0.4, 0.5) is 10.5 Å². The molecule has 0 aliphatic carbocycles. The summed E-state index contributed by atoms with van der Waals surface area (Å²) in [7, 11) is -2.79. The number of alkyl carbamates (subject to hydrolysis) is 1. The van der Waals surface area contributed by atoms with Crippen molar-refractivity contribution in [2.24, 2.45) is 5.92 Å². The van der Waals surface area contributed by atoms with Gasteiger partial charge < -0.3 is 25.0 Å². The largest absolute Gasteiger partial charge is 0.481 e. The molecule has 0 heterocycles. The van der Waals surface area contributed by atoms with Crippen molar-refractivity contribution < 1.29 is 60.6 Å². The van der Waals surface area contributed by atoms with Gasteiger partial charge in [-0.1, -0.05) is 36.4 Å². The predicted molar refractivity (Wildman–Crippen MR) is 212 cm³/mol. The SMILES string of the molecule is C=CCCN(CC[C@H](CC(=O)OC(C)(C)C)C(=O)O)S(=O)(=O)c1ccccc1[N+](=O)[O-].CC(C)(C)OC(=O)N[C@@H](CCNCl)C(=O)O.O=S(=O)(Cl)c1ccccc1. The first kappa shape index (κ1) is 52.7. The number of hydrogen-bond donors (Lipinski definition) is 4. The Morgan fingerprint density at radius 2 is 1.44 bits per heavy atom. The molecule has 320 valence electrons. The highest BCUT2D eigenvalue weighted by Crippen LogP contribution is 2.27. The Morgan fingerprint density at radius 3 is 1.88 bits per heavy atom. The second-order valence-electron chi connectivity index (χ2n) is 13.8. The zero-order valence-electron chi connectivity index (χ0n) is 32.3. The number of carboxylic acids is 2. The Balaban J connectivity index is 0.000000992. The van der Waals surface area contributed by atoms with Crippen molar-refractivity contribution in [3.63, 3.8) is 0 Å². The molecule has 4 N–H and O–H groups in total. The molecule has 0 saturated carbocycles. The van der Waals surface area contributed by atoms with Crippen LogP contribution in [0.1, 0.15) is 67.2 Å². The molecular weight excluding hydrogens is 835 g/mol. The Morgan fingerprint density at radius 1 is 0.895 bits per heavy atom. The number of nitrogens with one attached hydrogen (secondary N) is 2. The zero-order valence-corrected chi connectivity index (χ0v) is 35.5. The van der Waals surface area contributed by atoms with Gasteiger partial charge in [0.15, 0.2) is 4.90 Å². The Bertz CT molecular complexity index is 1870. The summed E-state index contributed by atoms with van der Waals surface area (Å²) in [5.74, 6) is -4.28. The van der Waals surface area contributed by atoms with E-state index in [-0.39, 0.29) is 43.8 Å². The molecule has 1 amide bonds. The van der Waals surface area contributed by atoms with Gasteiger partial charge in [0.25, 0.3) is 14.7 Å². The first-order chi connectivity index (χ1) is 26.2. The second-order valence-corrected chi connectivity index (χ2v) is 18.5. The summed E-state index contributed by atoms with van der Waals surface area (Å²) in [5.41, 5.74) is -2.02. The molecule has 0 fully saturated rings. The molecule has 0 spiro atoms. The number of sulfonamides is 1. The van der Waals surface area contributed by atoms with E-state index in [1.54, 1.807) is 59.7 Å². The molecule has 22 heteroatoms. The molecule has 0 aromatic heterocycles. The van der Waals surface area contributed by atoms with Crippen molar-refractivity contribution in [3.8, 4) is 0 Å². The lowest BCUT2D eigenvalue weighted by atomic mass is 10.0. The van der Waals surface area contributed by atoms with Gasteiger partial charge in [-0.25, -0.2) is 31.3 Å².